The molecule has 3 nitrogen and oxygen atoms in total. The van der Waals surface area contributed by atoms with Gasteiger partial charge in [-0.05, 0) is 6.42 Å². The zero-order chi connectivity index (χ0) is 7.83. The quantitative estimate of drug-likeness (QED) is 0.647. The molecule has 0 aromatic carbocycles. The first kappa shape index (κ1) is 11.1. The molecule has 0 amide bonds. The van der Waals surface area contributed by atoms with E-state index in [0.717, 1.165) is 0 Å². The Hall–Kier alpha value is 0.130. The topological polar surface area (TPSA) is 60.2 Å². The number of hydrogen-bond acceptors (Lipinski definition) is 3. The second-order valence-electron chi connectivity index (χ2n) is 2.70. The molecular weight excluding hydrogens is 193 g/mol. The highest BCUT2D eigenvalue weighted by Gasteiger charge is 2.41. The van der Waals surface area contributed by atoms with Crippen LogP contribution in [0.25, 0.3) is 0 Å². The molecule has 68 valence electrons. The summed E-state index contributed by atoms with van der Waals surface area (Å²) in [6.07, 6.45) is 0.0613. The van der Waals surface area contributed by atoms with Crippen LogP contribution in [0.5, 0.6) is 0 Å². The summed E-state index contributed by atoms with van der Waals surface area (Å²) in [4.78, 5) is 0. The largest absolute Gasteiger partial charge is 0.327 e. The predicted octanol–water partition coefficient (Wildman–Crippen LogP) is -0.106. The van der Waals surface area contributed by atoms with Crippen LogP contribution in [0.3, 0.4) is 0 Å². The highest BCUT2D eigenvalue weighted by molar-refractivity contribution is 7.91. The van der Waals surface area contributed by atoms with Gasteiger partial charge in [0, 0.05) is 6.54 Å². The van der Waals surface area contributed by atoms with Gasteiger partial charge in [0.15, 0.2) is 9.84 Å². The fraction of sp³-hybridized carbons (Fsp3) is 1.00. The maximum Gasteiger partial charge on any atom is 0.153 e. The molecule has 1 aliphatic rings. The molecule has 0 spiro atoms. The van der Waals surface area contributed by atoms with E-state index >= 15 is 0 Å². The molecule has 2 N–H and O–H groups in total. The summed E-state index contributed by atoms with van der Waals surface area (Å²) in [6, 6.07) is 0. The van der Waals surface area contributed by atoms with Gasteiger partial charge in [0.2, 0.25) is 0 Å². The predicted molar refractivity (Wildman–Crippen MR) is 43.4 cm³/mol. The van der Waals surface area contributed by atoms with Crippen LogP contribution in [-0.4, -0.2) is 32.1 Å². The second kappa shape index (κ2) is 3.25. The molecule has 1 heterocycles. The van der Waals surface area contributed by atoms with Crippen LogP contribution in [0.4, 0.5) is 4.39 Å². The first-order valence-corrected chi connectivity index (χ1v) is 4.89. The lowest BCUT2D eigenvalue weighted by molar-refractivity contribution is 0.209. The first-order valence-electron chi connectivity index (χ1n) is 3.07. The molecule has 0 saturated carbocycles. The van der Waals surface area contributed by atoms with Gasteiger partial charge in [0.05, 0.1) is 11.5 Å². The Morgan fingerprint density at radius 3 is 2.27 bits per heavy atom. The van der Waals surface area contributed by atoms with Crippen LogP contribution in [0.1, 0.15) is 6.42 Å². The average Bonchev–Trinajstić information content (AvgIpc) is 2.08. The zero-order valence-electron chi connectivity index (χ0n) is 5.92. The molecule has 0 radical (unpaired) electrons. The summed E-state index contributed by atoms with van der Waals surface area (Å²) in [7, 11) is -3.12. The minimum atomic E-state index is -3.12. The molecule has 6 heteroatoms. The minimum absolute atomic E-state index is 0. The molecule has 1 unspecified atom stereocenters. The summed E-state index contributed by atoms with van der Waals surface area (Å²) < 4.78 is 34.5. The third-order valence-electron chi connectivity index (χ3n) is 1.71. The highest BCUT2D eigenvalue weighted by atomic mass is 35.5. The van der Waals surface area contributed by atoms with Crippen molar-refractivity contribution in [3.63, 3.8) is 0 Å². The van der Waals surface area contributed by atoms with E-state index in [0.29, 0.717) is 0 Å². The number of hydrogen-bond donors (Lipinski definition) is 1. The van der Waals surface area contributed by atoms with Crippen molar-refractivity contribution in [1.29, 1.82) is 0 Å². The molecule has 1 saturated heterocycles. The summed E-state index contributed by atoms with van der Waals surface area (Å²) in [5.74, 6) is -0.447. The lowest BCUT2D eigenvalue weighted by Gasteiger charge is -2.12. The van der Waals surface area contributed by atoms with Gasteiger partial charge in [0.25, 0.3) is 0 Å². The van der Waals surface area contributed by atoms with Crippen molar-refractivity contribution in [1.82, 2.24) is 0 Å². The van der Waals surface area contributed by atoms with Gasteiger partial charge in [-0.25, -0.2) is 12.8 Å². The number of halogens is 2. The Kier molecular flexibility index (Phi) is 3.28. The molecule has 1 aliphatic heterocycles. The van der Waals surface area contributed by atoms with Gasteiger partial charge in [-0.3, -0.25) is 0 Å². The molecule has 0 aliphatic carbocycles. The van der Waals surface area contributed by atoms with Gasteiger partial charge in [-0.2, -0.15) is 0 Å². The van der Waals surface area contributed by atoms with Gasteiger partial charge >= 0.3 is 0 Å². The smallest absolute Gasteiger partial charge is 0.153 e. The summed E-state index contributed by atoms with van der Waals surface area (Å²) >= 11 is 0. The van der Waals surface area contributed by atoms with Gasteiger partial charge in [-0.1, -0.05) is 0 Å². The third-order valence-corrected chi connectivity index (χ3v) is 3.49. The van der Waals surface area contributed by atoms with Crippen molar-refractivity contribution in [2.45, 2.75) is 12.1 Å². The van der Waals surface area contributed by atoms with Gasteiger partial charge in [0.1, 0.15) is 5.67 Å². The highest BCUT2D eigenvalue weighted by Crippen LogP contribution is 2.25. The SMILES string of the molecule is Cl.NCC1(F)CCS(=O)(=O)C1. The maximum absolute atomic E-state index is 13.0. The summed E-state index contributed by atoms with van der Waals surface area (Å²) in [6.45, 7) is -0.188. The van der Waals surface area contributed by atoms with Crippen LogP contribution < -0.4 is 5.73 Å². The molecular formula is C5H11ClFNO2S. The first-order chi connectivity index (χ1) is 4.47. The molecule has 1 atom stereocenters. The van der Waals surface area contributed by atoms with E-state index < -0.39 is 21.3 Å². The van der Waals surface area contributed by atoms with E-state index in [2.05, 4.69) is 0 Å². The molecule has 1 fully saturated rings. The normalized spacial score (nSPS) is 34.7. The van der Waals surface area contributed by atoms with Crippen molar-refractivity contribution in [2.24, 2.45) is 5.73 Å². The minimum Gasteiger partial charge on any atom is -0.327 e. The fourth-order valence-corrected chi connectivity index (χ4v) is 2.91. The van der Waals surface area contributed by atoms with E-state index in [-0.39, 0.29) is 31.1 Å². The van der Waals surface area contributed by atoms with Crippen molar-refractivity contribution >= 4 is 22.2 Å². The van der Waals surface area contributed by atoms with E-state index in [1.54, 1.807) is 0 Å². The van der Waals surface area contributed by atoms with Crippen LogP contribution in [0.15, 0.2) is 0 Å². The third kappa shape index (κ3) is 2.57. The maximum atomic E-state index is 13.0. The summed E-state index contributed by atoms with van der Waals surface area (Å²) in [5, 5.41) is 0. The Balaban J connectivity index is 0.000001000. The Labute approximate surface area is 71.5 Å². The molecule has 0 aromatic rings. The number of rotatable bonds is 1. The second-order valence-corrected chi connectivity index (χ2v) is 4.88. The lowest BCUT2D eigenvalue weighted by atomic mass is 10.1. The molecule has 0 aromatic heterocycles. The Bertz CT molecular complexity index is 231. The zero-order valence-corrected chi connectivity index (χ0v) is 7.55. The van der Waals surface area contributed by atoms with Crippen LogP contribution in [0.2, 0.25) is 0 Å². The van der Waals surface area contributed by atoms with Crippen molar-refractivity contribution in [3.8, 4) is 0 Å². The molecule has 11 heavy (non-hydrogen) atoms. The molecule has 1 rings (SSSR count). The van der Waals surface area contributed by atoms with Gasteiger partial charge < -0.3 is 5.73 Å². The fourth-order valence-electron chi connectivity index (χ4n) is 1.04. The van der Waals surface area contributed by atoms with Crippen LogP contribution in [0, 0.1) is 0 Å². The molecule has 0 bridgehead atoms. The Morgan fingerprint density at radius 2 is 2.09 bits per heavy atom. The Morgan fingerprint density at radius 1 is 1.55 bits per heavy atom. The van der Waals surface area contributed by atoms with Gasteiger partial charge in [-0.15, -0.1) is 12.4 Å². The van der Waals surface area contributed by atoms with Crippen molar-refractivity contribution in [3.05, 3.63) is 0 Å². The van der Waals surface area contributed by atoms with Crippen LogP contribution in [-0.2, 0) is 9.84 Å². The monoisotopic (exact) mass is 203 g/mol. The number of nitrogens with two attached hydrogens (primary N) is 1. The average molecular weight is 204 g/mol. The van der Waals surface area contributed by atoms with Crippen molar-refractivity contribution < 1.29 is 12.8 Å². The number of sulfone groups is 1. The van der Waals surface area contributed by atoms with Crippen LogP contribution >= 0.6 is 12.4 Å². The van der Waals surface area contributed by atoms with E-state index in [1.807, 2.05) is 0 Å². The van der Waals surface area contributed by atoms with E-state index in [4.69, 9.17) is 5.73 Å². The van der Waals surface area contributed by atoms with Crippen molar-refractivity contribution in [2.75, 3.05) is 18.1 Å². The standard InChI is InChI=1S/C5H10FNO2S.ClH/c6-5(3-7)1-2-10(8,9)4-5;/h1-4,7H2;1H. The number of alkyl halides is 1. The summed E-state index contributed by atoms with van der Waals surface area (Å²) in [5.41, 5.74) is 3.41. The lowest BCUT2D eigenvalue weighted by Crippen LogP contribution is -2.33. The van der Waals surface area contributed by atoms with E-state index in [1.165, 1.54) is 0 Å². The van der Waals surface area contributed by atoms with E-state index in [9.17, 15) is 12.8 Å².